The smallest absolute Gasteiger partial charge is 0.219 e. The molecular formula is C19H31IN4O2. The lowest BCUT2D eigenvalue weighted by Gasteiger charge is -2.36. The van der Waals surface area contributed by atoms with Gasteiger partial charge in [0.2, 0.25) is 5.91 Å². The summed E-state index contributed by atoms with van der Waals surface area (Å²) in [6.45, 7) is 8.39. The number of halogens is 1. The fraction of sp³-hybridized carbons (Fsp3) is 0.579. The lowest BCUT2D eigenvalue weighted by molar-refractivity contribution is -0.130. The molecule has 0 saturated carbocycles. The molecule has 0 aliphatic carbocycles. The van der Waals surface area contributed by atoms with E-state index in [0.29, 0.717) is 6.61 Å². The second-order valence-electron chi connectivity index (χ2n) is 6.24. The van der Waals surface area contributed by atoms with Crippen LogP contribution in [0.1, 0.15) is 31.9 Å². The Balaban J connectivity index is 0.00000338. The lowest BCUT2D eigenvalue weighted by Crippen LogP contribution is -2.53. The van der Waals surface area contributed by atoms with Gasteiger partial charge in [-0.15, -0.1) is 24.0 Å². The summed E-state index contributed by atoms with van der Waals surface area (Å²) >= 11 is 0. The molecule has 1 aromatic rings. The minimum Gasteiger partial charge on any atom is -0.374 e. The van der Waals surface area contributed by atoms with E-state index in [1.54, 1.807) is 14.0 Å². The maximum atomic E-state index is 11.4. The summed E-state index contributed by atoms with van der Waals surface area (Å²) in [5.41, 5.74) is 1.20. The first-order valence-corrected chi connectivity index (χ1v) is 8.99. The van der Waals surface area contributed by atoms with Gasteiger partial charge in [0.15, 0.2) is 5.96 Å². The highest BCUT2D eigenvalue weighted by atomic mass is 127. The van der Waals surface area contributed by atoms with E-state index >= 15 is 0 Å². The molecule has 1 fully saturated rings. The number of guanidine groups is 1. The van der Waals surface area contributed by atoms with Gasteiger partial charge in [-0.2, -0.15) is 0 Å². The number of amides is 1. The first kappa shape index (κ1) is 22.7. The number of aliphatic imine (C=N–C) groups is 1. The minimum atomic E-state index is 0. The van der Waals surface area contributed by atoms with Crippen LogP contribution in [0.15, 0.2) is 35.3 Å². The largest absolute Gasteiger partial charge is 0.374 e. The van der Waals surface area contributed by atoms with Crippen LogP contribution in [0.4, 0.5) is 0 Å². The van der Waals surface area contributed by atoms with Crippen molar-refractivity contribution in [1.82, 2.24) is 15.1 Å². The van der Waals surface area contributed by atoms with Crippen molar-refractivity contribution >= 4 is 35.8 Å². The minimum absolute atomic E-state index is 0. The van der Waals surface area contributed by atoms with Crippen molar-refractivity contribution in [3.8, 4) is 0 Å². The number of benzene rings is 1. The number of nitrogens with one attached hydrogen (secondary N) is 1. The van der Waals surface area contributed by atoms with Crippen molar-refractivity contribution in [1.29, 1.82) is 0 Å². The highest BCUT2D eigenvalue weighted by molar-refractivity contribution is 14.0. The Morgan fingerprint density at radius 1 is 1.19 bits per heavy atom. The van der Waals surface area contributed by atoms with Crippen LogP contribution in [-0.2, 0) is 9.53 Å². The zero-order valence-electron chi connectivity index (χ0n) is 16.0. The van der Waals surface area contributed by atoms with Gasteiger partial charge >= 0.3 is 0 Å². The Hall–Kier alpha value is -1.35. The maximum Gasteiger partial charge on any atom is 0.219 e. The SMILES string of the molecule is CN=C(NCCCOC(C)c1ccccc1)N1CCN(C(C)=O)CC1.I. The summed E-state index contributed by atoms with van der Waals surface area (Å²) in [6.07, 6.45) is 1.03. The quantitative estimate of drug-likeness (QED) is 0.298. The van der Waals surface area contributed by atoms with E-state index in [2.05, 4.69) is 34.3 Å². The first-order valence-electron chi connectivity index (χ1n) is 8.99. The zero-order chi connectivity index (χ0) is 18.1. The molecule has 6 nitrogen and oxygen atoms in total. The number of hydrogen-bond donors (Lipinski definition) is 1. The van der Waals surface area contributed by atoms with Gasteiger partial charge in [0.1, 0.15) is 0 Å². The highest BCUT2D eigenvalue weighted by Gasteiger charge is 2.20. The zero-order valence-corrected chi connectivity index (χ0v) is 18.3. The van der Waals surface area contributed by atoms with Gasteiger partial charge in [0.05, 0.1) is 6.10 Å². The molecule has 7 heteroatoms. The van der Waals surface area contributed by atoms with Crippen LogP contribution in [-0.4, -0.2) is 68.0 Å². The number of carbonyl (C=O) groups is 1. The molecule has 26 heavy (non-hydrogen) atoms. The van der Waals surface area contributed by atoms with Crippen LogP contribution >= 0.6 is 24.0 Å². The number of ether oxygens (including phenoxy) is 1. The Bertz CT molecular complexity index is 560. The molecule has 1 heterocycles. The molecule has 1 saturated heterocycles. The third-order valence-electron chi connectivity index (χ3n) is 4.48. The van der Waals surface area contributed by atoms with Crippen LogP contribution in [0, 0.1) is 0 Å². The summed E-state index contributed by atoms with van der Waals surface area (Å²) in [5.74, 6) is 1.05. The third-order valence-corrected chi connectivity index (χ3v) is 4.48. The second-order valence-corrected chi connectivity index (χ2v) is 6.24. The van der Waals surface area contributed by atoms with Crippen molar-refractivity contribution < 1.29 is 9.53 Å². The van der Waals surface area contributed by atoms with Crippen LogP contribution in [0.3, 0.4) is 0 Å². The van der Waals surface area contributed by atoms with Crippen molar-refractivity contribution in [2.24, 2.45) is 4.99 Å². The van der Waals surface area contributed by atoms with E-state index < -0.39 is 0 Å². The molecule has 1 amide bonds. The molecule has 1 unspecified atom stereocenters. The van der Waals surface area contributed by atoms with Crippen LogP contribution in [0.5, 0.6) is 0 Å². The molecule has 0 radical (unpaired) electrons. The summed E-state index contributed by atoms with van der Waals surface area (Å²) in [4.78, 5) is 19.8. The van der Waals surface area contributed by atoms with Crippen molar-refractivity contribution in [2.75, 3.05) is 46.4 Å². The van der Waals surface area contributed by atoms with Crippen molar-refractivity contribution in [2.45, 2.75) is 26.4 Å². The molecule has 0 aromatic heterocycles. The van der Waals surface area contributed by atoms with Crippen LogP contribution < -0.4 is 5.32 Å². The molecule has 2 rings (SSSR count). The Labute approximate surface area is 174 Å². The van der Waals surface area contributed by atoms with Gasteiger partial charge in [-0.25, -0.2) is 0 Å². The summed E-state index contributed by atoms with van der Waals surface area (Å²) in [6, 6.07) is 10.3. The Morgan fingerprint density at radius 3 is 2.38 bits per heavy atom. The summed E-state index contributed by atoms with van der Waals surface area (Å²) in [5, 5.41) is 3.39. The van der Waals surface area contributed by atoms with E-state index in [1.807, 2.05) is 23.1 Å². The molecule has 1 atom stereocenters. The van der Waals surface area contributed by atoms with E-state index in [1.165, 1.54) is 5.56 Å². The molecule has 1 N–H and O–H groups in total. The van der Waals surface area contributed by atoms with Gasteiger partial charge in [-0.3, -0.25) is 9.79 Å². The maximum absolute atomic E-state index is 11.4. The first-order chi connectivity index (χ1) is 12.1. The Kier molecular flexibility index (Phi) is 10.6. The van der Waals surface area contributed by atoms with Crippen LogP contribution in [0.25, 0.3) is 0 Å². The number of piperazine rings is 1. The average molecular weight is 474 g/mol. The highest BCUT2D eigenvalue weighted by Crippen LogP contribution is 2.15. The topological polar surface area (TPSA) is 57.2 Å². The molecule has 1 aromatic carbocycles. The normalized spacial score (nSPS) is 16.0. The predicted molar refractivity (Wildman–Crippen MR) is 116 cm³/mol. The Morgan fingerprint density at radius 2 is 1.81 bits per heavy atom. The van der Waals surface area contributed by atoms with Gasteiger partial charge in [0.25, 0.3) is 0 Å². The van der Waals surface area contributed by atoms with Crippen molar-refractivity contribution in [3.05, 3.63) is 35.9 Å². The molecule has 0 spiro atoms. The molecule has 146 valence electrons. The van der Waals surface area contributed by atoms with Crippen molar-refractivity contribution in [3.63, 3.8) is 0 Å². The second kappa shape index (κ2) is 12.1. The number of hydrogen-bond acceptors (Lipinski definition) is 3. The van der Waals surface area contributed by atoms with Gasteiger partial charge in [0, 0.05) is 53.3 Å². The fourth-order valence-corrected chi connectivity index (χ4v) is 2.92. The van der Waals surface area contributed by atoms with Gasteiger partial charge in [-0.05, 0) is 18.9 Å². The molecule has 1 aliphatic rings. The van der Waals surface area contributed by atoms with Crippen LogP contribution in [0.2, 0.25) is 0 Å². The number of nitrogens with zero attached hydrogens (tertiary/aromatic N) is 3. The number of rotatable bonds is 6. The molecule has 0 bridgehead atoms. The van der Waals surface area contributed by atoms with E-state index in [9.17, 15) is 4.79 Å². The van der Waals surface area contributed by atoms with E-state index in [-0.39, 0.29) is 36.0 Å². The fourth-order valence-electron chi connectivity index (χ4n) is 2.92. The van der Waals surface area contributed by atoms with E-state index in [4.69, 9.17) is 4.74 Å². The van der Waals surface area contributed by atoms with Gasteiger partial charge in [-0.1, -0.05) is 30.3 Å². The summed E-state index contributed by atoms with van der Waals surface area (Å²) in [7, 11) is 1.80. The lowest BCUT2D eigenvalue weighted by atomic mass is 10.1. The third kappa shape index (κ3) is 7.11. The summed E-state index contributed by atoms with van der Waals surface area (Å²) < 4.78 is 5.89. The van der Waals surface area contributed by atoms with Gasteiger partial charge < -0.3 is 19.9 Å². The monoisotopic (exact) mass is 474 g/mol. The predicted octanol–water partition coefficient (Wildman–Crippen LogP) is 2.51. The average Bonchev–Trinajstić information content (AvgIpc) is 2.65. The number of carbonyl (C=O) groups excluding carboxylic acids is 1. The van der Waals surface area contributed by atoms with E-state index in [0.717, 1.165) is 45.1 Å². The molecule has 1 aliphatic heterocycles. The standard InChI is InChI=1S/C19H30N4O2.HI/c1-16(18-8-5-4-6-9-18)25-15-7-10-21-19(20-3)23-13-11-22(12-14-23)17(2)24;/h4-6,8-9,16H,7,10-15H2,1-3H3,(H,20,21);1H. The molecular weight excluding hydrogens is 443 g/mol.